The average Bonchev–Trinajstić information content (AvgIpc) is 2.98. The number of amides is 1. The van der Waals surface area contributed by atoms with E-state index in [1.807, 2.05) is 12.2 Å². The Morgan fingerprint density at radius 2 is 2.29 bits per heavy atom. The topological polar surface area (TPSA) is 96.6 Å². The number of anilines is 1. The predicted molar refractivity (Wildman–Crippen MR) is 83.5 cm³/mol. The molecular weight excluding hydrogens is 324 g/mol. The summed E-state index contributed by atoms with van der Waals surface area (Å²) < 4.78 is 37.5. The van der Waals surface area contributed by atoms with Gasteiger partial charge in [0.1, 0.15) is 12.1 Å². The summed E-state index contributed by atoms with van der Waals surface area (Å²) in [5.41, 5.74) is 0.271. The zero-order chi connectivity index (χ0) is 17.5. The number of halogens is 2. The molecule has 1 aromatic carbocycles. The third-order valence-electron chi connectivity index (χ3n) is 3.02. The number of hydrogen-bond acceptors (Lipinski definition) is 5. The molecule has 0 aliphatic heterocycles. The van der Waals surface area contributed by atoms with Crippen molar-refractivity contribution in [2.24, 2.45) is 0 Å². The second-order valence-electron chi connectivity index (χ2n) is 4.89. The summed E-state index contributed by atoms with van der Waals surface area (Å²) in [5.74, 6) is -0.899. The summed E-state index contributed by atoms with van der Waals surface area (Å²) >= 11 is 0. The number of fused-ring (bicyclic) bond motifs is 1. The van der Waals surface area contributed by atoms with E-state index in [1.165, 1.54) is 12.1 Å². The largest absolute Gasteiger partial charge is 0.486 e. The van der Waals surface area contributed by atoms with E-state index >= 15 is 0 Å². The van der Waals surface area contributed by atoms with Gasteiger partial charge in [0.2, 0.25) is 5.82 Å². The van der Waals surface area contributed by atoms with E-state index in [1.54, 1.807) is 0 Å². The summed E-state index contributed by atoms with van der Waals surface area (Å²) in [6.45, 7) is 2.04. The lowest BCUT2D eigenvalue weighted by Gasteiger charge is -2.09. The summed E-state index contributed by atoms with van der Waals surface area (Å²) in [6, 6.07) is 3.07. The number of carboxylic acid groups (broad SMARTS) is 1. The molecule has 0 saturated carbocycles. The molecule has 0 aliphatic carbocycles. The first-order valence-electron chi connectivity index (χ1n) is 7.25. The molecule has 0 fully saturated rings. The van der Waals surface area contributed by atoms with E-state index in [-0.39, 0.29) is 42.4 Å². The van der Waals surface area contributed by atoms with Crippen LogP contribution in [-0.4, -0.2) is 35.9 Å². The fraction of sp³-hybridized carbons (Fsp3) is 0.333. The fourth-order valence-corrected chi connectivity index (χ4v) is 1.84. The van der Waals surface area contributed by atoms with Gasteiger partial charge in [0, 0.05) is 18.7 Å². The second kappa shape index (κ2) is 8.14. The van der Waals surface area contributed by atoms with E-state index in [2.05, 4.69) is 10.3 Å². The third kappa shape index (κ3) is 4.34. The van der Waals surface area contributed by atoms with Gasteiger partial charge in [-0.05, 0) is 18.6 Å². The molecule has 2 rings (SSSR count). The van der Waals surface area contributed by atoms with Gasteiger partial charge < -0.3 is 24.9 Å². The molecule has 0 aliphatic rings. The Morgan fingerprint density at radius 3 is 2.96 bits per heavy atom. The Hall–Kier alpha value is -2.84. The summed E-state index contributed by atoms with van der Waals surface area (Å²) in [6.07, 6.45) is -0.220. The molecule has 0 saturated heterocycles. The minimum absolute atomic E-state index is 0.0137. The third-order valence-corrected chi connectivity index (χ3v) is 3.02. The van der Waals surface area contributed by atoms with Crippen LogP contribution in [0.1, 0.15) is 13.3 Å². The number of carbonyl (C=O) groups is 1. The van der Waals surface area contributed by atoms with Crippen molar-refractivity contribution >= 4 is 23.2 Å². The number of rotatable bonds is 8. The highest BCUT2D eigenvalue weighted by molar-refractivity contribution is 5.77. The quantitative estimate of drug-likeness (QED) is 0.682. The Morgan fingerprint density at radius 1 is 1.50 bits per heavy atom. The van der Waals surface area contributed by atoms with Crippen LogP contribution in [0.5, 0.6) is 5.75 Å². The average molecular weight is 341 g/mol. The summed E-state index contributed by atoms with van der Waals surface area (Å²) in [5, 5.41) is 13.4. The van der Waals surface area contributed by atoms with E-state index in [4.69, 9.17) is 14.3 Å². The van der Waals surface area contributed by atoms with Crippen LogP contribution in [0.2, 0.25) is 0 Å². The monoisotopic (exact) mass is 341 g/mol. The van der Waals surface area contributed by atoms with Gasteiger partial charge >= 0.3 is 6.09 Å². The maximum atomic E-state index is 14.4. The van der Waals surface area contributed by atoms with Gasteiger partial charge in [-0.3, -0.25) is 0 Å². The Labute approximate surface area is 136 Å². The first kappa shape index (κ1) is 17.5. The molecule has 1 aromatic heterocycles. The molecule has 0 spiro atoms. The minimum atomic E-state index is -1.30. The second-order valence-corrected chi connectivity index (χ2v) is 4.89. The minimum Gasteiger partial charge on any atom is -0.486 e. The molecule has 7 nitrogen and oxygen atoms in total. The standard InChI is InChI=1S/C15H17F2N3O4/c1-2-5-18-14-20-10-3-4-11(12(17)13(10)24-14)23-8-9(6-16)7-19-15(21)22/h3-4,6,19H,2,5,7-8H2,1H3,(H,18,20)(H,21,22). The van der Waals surface area contributed by atoms with Crippen LogP contribution < -0.4 is 15.4 Å². The van der Waals surface area contributed by atoms with Crippen LogP contribution in [0, 0.1) is 5.82 Å². The summed E-state index contributed by atoms with van der Waals surface area (Å²) in [4.78, 5) is 14.5. The number of nitrogens with one attached hydrogen (secondary N) is 2. The van der Waals surface area contributed by atoms with Gasteiger partial charge in [0.05, 0.1) is 6.33 Å². The van der Waals surface area contributed by atoms with Gasteiger partial charge in [0.15, 0.2) is 11.3 Å². The van der Waals surface area contributed by atoms with Crippen molar-refractivity contribution in [1.29, 1.82) is 0 Å². The maximum absolute atomic E-state index is 14.4. The highest BCUT2D eigenvalue weighted by atomic mass is 19.1. The molecule has 9 heteroatoms. The zero-order valence-corrected chi connectivity index (χ0v) is 12.9. The van der Waals surface area contributed by atoms with E-state index in [9.17, 15) is 13.6 Å². The molecule has 2 aromatic rings. The molecule has 130 valence electrons. The van der Waals surface area contributed by atoms with Crippen molar-refractivity contribution in [1.82, 2.24) is 10.3 Å². The molecule has 1 heterocycles. The molecule has 1 amide bonds. The van der Waals surface area contributed by atoms with Crippen LogP contribution in [0.3, 0.4) is 0 Å². The van der Waals surface area contributed by atoms with E-state index in [0.29, 0.717) is 12.1 Å². The van der Waals surface area contributed by atoms with Crippen LogP contribution in [-0.2, 0) is 0 Å². The van der Waals surface area contributed by atoms with Gasteiger partial charge in [-0.15, -0.1) is 0 Å². The number of ether oxygens (including phenoxy) is 1. The number of oxazole rings is 1. The maximum Gasteiger partial charge on any atom is 0.404 e. The van der Waals surface area contributed by atoms with Crippen LogP contribution in [0.25, 0.3) is 11.1 Å². The summed E-state index contributed by atoms with van der Waals surface area (Å²) in [7, 11) is 0. The van der Waals surface area contributed by atoms with Crippen LogP contribution >= 0.6 is 0 Å². The van der Waals surface area contributed by atoms with Crippen molar-refractivity contribution in [3.05, 3.63) is 29.9 Å². The van der Waals surface area contributed by atoms with Crippen molar-refractivity contribution < 1.29 is 27.8 Å². The fourth-order valence-electron chi connectivity index (χ4n) is 1.84. The van der Waals surface area contributed by atoms with Gasteiger partial charge in [-0.1, -0.05) is 6.92 Å². The molecular formula is C15H17F2N3O4. The van der Waals surface area contributed by atoms with Gasteiger partial charge in [-0.2, -0.15) is 9.37 Å². The molecule has 0 unspecified atom stereocenters. The molecule has 0 radical (unpaired) electrons. The first-order chi connectivity index (χ1) is 11.5. The lowest BCUT2D eigenvalue weighted by Crippen LogP contribution is -2.25. The van der Waals surface area contributed by atoms with Crippen LogP contribution in [0.4, 0.5) is 19.6 Å². The van der Waals surface area contributed by atoms with Gasteiger partial charge in [-0.25, -0.2) is 9.18 Å². The Bertz CT molecular complexity index is 746. The van der Waals surface area contributed by atoms with Crippen molar-refractivity contribution in [3.8, 4) is 5.75 Å². The first-order valence-corrected chi connectivity index (χ1v) is 7.25. The Kier molecular flexibility index (Phi) is 5.94. The smallest absolute Gasteiger partial charge is 0.404 e. The SMILES string of the molecule is CCCNc1nc2ccc(OCC(=CF)CNC(=O)O)c(F)c2o1. The number of nitrogens with zero attached hydrogens (tertiary/aromatic N) is 1. The normalized spacial score (nSPS) is 11.5. The van der Waals surface area contributed by atoms with E-state index in [0.717, 1.165) is 6.42 Å². The van der Waals surface area contributed by atoms with E-state index < -0.39 is 11.9 Å². The van der Waals surface area contributed by atoms with Crippen LogP contribution in [0.15, 0.2) is 28.5 Å². The molecule has 0 bridgehead atoms. The van der Waals surface area contributed by atoms with Crippen molar-refractivity contribution in [3.63, 3.8) is 0 Å². The lowest BCUT2D eigenvalue weighted by atomic mass is 10.3. The number of hydrogen-bond donors (Lipinski definition) is 3. The Balaban J connectivity index is 2.09. The molecule has 0 atom stereocenters. The number of benzene rings is 1. The lowest BCUT2D eigenvalue weighted by molar-refractivity contribution is 0.195. The number of aromatic nitrogens is 1. The van der Waals surface area contributed by atoms with Crippen molar-refractivity contribution in [2.75, 3.05) is 25.0 Å². The van der Waals surface area contributed by atoms with Gasteiger partial charge in [0.25, 0.3) is 6.01 Å². The zero-order valence-electron chi connectivity index (χ0n) is 12.9. The molecule has 3 N–H and O–H groups in total. The highest BCUT2D eigenvalue weighted by Crippen LogP contribution is 2.28. The molecule has 24 heavy (non-hydrogen) atoms. The van der Waals surface area contributed by atoms with Crippen molar-refractivity contribution in [2.45, 2.75) is 13.3 Å². The predicted octanol–water partition coefficient (Wildman–Crippen LogP) is 3.29. The highest BCUT2D eigenvalue weighted by Gasteiger charge is 2.15.